The summed E-state index contributed by atoms with van der Waals surface area (Å²) in [5.74, 6) is 0. The van der Waals surface area contributed by atoms with Crippen LogP contribution in [0.4, 0.5) is 10.5 Å². The van der Waals surface area contributed by atoms with Crippen LogP contribution in [0.3, 0.4) is 0 Å². The molecule has 2 rings (SSSR count). The lowest BCUT2D eigenvalue weighted by Crippen LogP contribution is -2.27. The molecule has 1 heterocycles. The lowest BCUT2D eigenvalue weighted by atomic mass is 10.0. The van der Waals surface area contributed by atoms with Gasteiger partial charge in [-0.2, -0.15) is 0 Å². The lowest BCUT2D eigenvalue weighted by Gasteiger charge is -2.20. The zero-order valence-electron chi connectivity index (χ0n) is 12.8. The number of benzene rings is 1. The molecule has 116 valence electrons. The van der Waals surface area contributed by atoms with Gasteiger partial charge in [0.05, 0.1) is 10.7 Å². The van der Waals surface area contributed by atoms with E-state index in [1.165, 1.54) is 18.4 Å². The maximum absolute atomic E-state index is 11.7. The first kappa shape index (κ1) is 16.1. The van der Waals surface area contributed by atoms with Crippen molar-refractivity contribution in [3.05, 3.63) is 28.8 Å². The number of anilines is 1. The minimum atomic E-state index is -0.523. The number of hydrogen-bond acceptors (Lipinski definition) is 3. The molecule has 4 nitrogen and oxygen atoms in total. The molecule has 0 aromatic heterocycles. The van der Waals surface area contributed by atoms with Crippen LogP contribution < -0.4 is 10.6 Å². The topological polar surface area (TPSA) is 50.4 Å². The average Bonchev–Trinajstić information content (AvgIpc) is 2.83. The summed E-state index contributed by atoms with van der Waals surface area (Å²) in [5, 5.41) is 6.68. The Morgan fingerprint density at radius 3 is 2.81 bits per heavy atom. The van der Waals surface area contributed by atoms with E-state index in [1.54, 1.807) is 0 Å². The van der Waals surface area contributed by atoms with Gasteiger partial charge in [0.2, 0.25) is 0 Å². The maximum atomic E-state index is 11.7. The van der Waals surface area contributed by atoms with Crippen LogP contribution >= 0.6 is 11.6 Å². The summed E-state index contributed by atoms with van der Waals surface area (Å²) in [5.41, 5.74) is 1.23. The molecule has 1 aliphatic rings. The number of halogens is 1. The van der Waals surface area contributed by atoms with Crippen molar-refractivity contribution >= 4 is 23.4 Å². The summed E-state index contributed by atoms with van der Waals surface area (Å²) in [6.45, 7) is 6.57. The molecule has 0 bridgehead atoms. The molecule has 0 spiro atoms. The Morgan fingerprint density at radius 1 is 1.48 bits per heavy atom. The fourth-order valence-corrected chi connectivity index (χ4v) is 2.67. The number of hydrogen-bond donors (Lipinski definition) is 2. The van der Waals surface area contributed by atoms with E-state index >= 15 is 0 Å². The lowest BCUT2D eigenvalue weighted by molar-refractivity contribution is 0.0636. The first-order chi connectivity index (χ1) is 9.83. The van der Waals surface area contributed by atoms with Crippen molar-refractivity contribution in [3.63, 3.8) is 0 Å². The van der Waals surface area contributed by atoms with Crippen molar-refractivity contribution < 1.29 is 9.53 Å². The molecular formula is C16H23ClN2O2. The van der Waals surface area contributed by atoms with Crippen LogP contribution in [-0.2, 0) is 11.2 Å². The van der Waals surface area contributed by atoms with Gasteiger partial charge in [0.15, 0.2) is 0 Å². The van der Waals surface area contributed by atoms with E-state index in [9.17, 15) is 4.79 Å². The molecule has 1 aliphatic heterocycles. The van der Waals surface area contributed by atoms with Crippen LogP contribution in [-0.4, -0.2) is 24.3 Å². The van der Waals surface area contributed by atoms with E-state index in [0.717, 1.165) is 13.0 Å². The first-order valence-electron chi connectivity index (χ1n) is 7.35. The Kier molecular flexibility index (Phi) is 5.12. The van der Waals surface area contributed by atoms with Gasteiger partial charge < -0.3 is 10.1 Å². The molecule has 2 N–H and O–H groups in total. The highest BCUT2D eigenvalue weighted by atomic mass is 35.5. The van der Waals surface area contributed by atoms with E-state index in [4.69, 9.17) is 16.3 Å². The van der Waals surface area contributed by atoms with Crippen molar-refractivity contribution in [2.45, 2.75) is 51.7 Å². The van der Waals surface area contributed by atoms with Crippen molar-refractivity contribution in [2.24, 2.45) is 0 Å². The molecule has 1 aromatic rings. The standard InChI is InChI=1S/C16H23ClN2O2/c1-16(2,3)21-15(20)19-14-7-6-11(10-13(14)17)9-12-5-4-8-18-12/h6-7,10,12,18H,4-5,8-9H2,1-3H3,(H,19,20). The van der Waals surface area contributed by atoms with E-state index in [2.05, 4.69) is 10.6 Å². The Morgan fingerprint density at radius 2 is 2.24 bits per heavy atom. The number of amides is 1. The highest BCUT2D eigenvalue weighted by molar-refractivity contribution is 6.33. The SMILES string of the molecule is CC(C)(C)OC(=O)Nc1ccc(CC2CCCN2)cc1Cl. The molecule has 21 heavy (non-hydrogen) atoms. The summed E-state index contributed by atoms with van der Waals surface area (Å²) in [4.78, 5) is 11.7. The summed E-state index contributed by atoms with van der Waals surface area (Å²) in [7, 11) is 0. The summed E-state index contributed by atoms with van der Waals surface area (Å²) >= 11 is 6.24. The molecule has 0 aliphatic carbocycles. The molecule has 5 heteroatoms. The van der Waals surface area contributed by atoms with E-state index in [0.29, 0.717) is 16.8 Å². The minimum Gasteiger partial charge on any atom is -0.444 e. The second-order valence-corrected chi connectivity index (χ2v) is 6.85. The number of ether oxygens (including phenoxy) is 1. The Balaban J connectivity index is 1.96. The van der Waals surface area contributed by atoms with Crippen LogP contribution in [0, 0.1) is 0 Å². The second-order valence-electron chi connectivity index (χ2n) is 6.44. The average molecular weight is 311 g/mol. The highest BCUT2D eigenvalue weighted by Crippen LogP contribution is 2.25. The van der Waals surface area contributed by atoms with Crippen LogP contribution in [0.2, 0.25) is 5.02 Å². The van der Waals surface area contributed by atoms with Crippen LogP contribution in [0.25, 0.3) is 0 Å². The molecule has 1 aromatic carbocycles. The molecule has 1 saturated heterocycles. The molecular weight excluding hydrogens is 288 g/mol. The minimum absolute atomic E-state index is 0.491. The van der Waals surface area contributed by atoms with Crippen LogP contribution in [0.1, 0.15) is 39.2 Å². The van der Waals surface area contributed by atoms with E-state index in [-0.39, 0.29) is 0 Å². The number of nitrogens with one attached hydrogen (secondary N) is 2. The van der Waals surface area contributed by atoms with Crippen molar-refractivity contribution in [3.8, 4) is 0 Å². The van der Waals surface area contributed by atoms with Gasteiger partial charge in [0, 0.05) is 6.04 Å². The maximum Gasteiger partial charge on any atom is 0.412 e. The van der Waals surface area contributed by atoms with Crippen LogP contribution in [0.15, 0.2) is 18.2 Å². The Labute approximate surface area is 131 Å². The molecule has 1 fully saturated rings. The molecule has 1 atom stereocenters. The summed E-state index contributed by atoms with van der Waals surface area (Å²) in [6, 6.07) is 6.27. The largest absolute Gasteiger partial charge is 0.444 e. The van der Waals surface area contributed by atoms with Gasteiger partial charge in [-0.15, -0.1) is 0 Å². The quantitative estimate of drug-likeness (QED) is 0.887. The van der Waals surface area contributed by atoms with Gasteiger partial charge >= 0.3 is 6.09 Å². The molecule has 1 amide bonds. The Bertz CT molecular complexity index is 505. The molecule has 0 radical (unpaired) electrons. The third-order valence-electron chi connectivity index (χ3n) is 3.31. The fourth-order valence-electron chi connectivity index (χ4n) is 2.42. The third-order valence-corrected chi connectivity index (χ3v) is 3.63. The predicted octanol–water partition coefficient (Wildman–Crippen LogP) is 3.98. The summed E-state index contributed by atoms with van der Waals surface area (Å²) in [6.07, 6.45) is 2.91. The number of rotatable bonds is 3. The number of carbonyl (C=O) groups is 1. The monoisotopic (exact) mass is 310 g/mol. The first-order valence-corrected chi connectivity index (χ1v) is 7.73. The van der Waals surface area contributed by atoms with Gasteiger partial charge in [0.1, 0.15) is 5.60 Å². The van der Waals surface area contributed by atoms with E-state index < -0.39 is 11.7 Å². The predicted molar refractivity (Wildman–Crippen MR) is 86.0 cm³/mol. The molecule has 1 unspecified atom stereocenters. The van der Waals surface area contributed by atoms with Gasteiger partial charge in [-0.1, -0.05) is 17.7 Å². The Hall–Kier alpha value is -1.26. The highest BCUT2D eigenvalue weighted by Gasteiger charge is 2.18. The fraction of sp³-hybridized carbons (Fsp3) is 0.562. The summed E-state index contributed by atoms with van der Waals surface area (Å²) < 4.78 is 5.22. The van der Waals surface area contributed by atoms with Gasteiger partial charge in [0.25, 0.3) is 0 Å². The third kappa shape index (κ3) is 5.21. The van der Waals surface area contributed by atoms with E-state index in [1.807, 2.05) is 39.0 Å². The van der Waals surface area contributed by atoms with Gasteiger partial charge in [-0.3, -0.25) is 5.32 Å². The van der Waals surface area contributed by atoms with Crippen molar-refractivity contribution in [1.29, 1.82) is 0 Å². The van der Waals surface area contributed by atoms with Crippen LogP contribution in [0.5, 0.6) is 0 Å². The normalized spacial score (nSPS) is 18.6. The zero-order chi connectivity index (χ0) is 15.5. The molecule has 0 saturated carbocycles. The van der Waals surface area contributed by atoms with Gasteiger partial charge in [-0.05, 0) is 64.3 Å². The number of carbonyl (C=O) groups excluding carboxylic acids is 1. The van der Waals surface area contributed by atoms with Crippen molar-refractivity contribution in [1.82, 2.24) is 5.32 Å². The second kappa shape index (κ2) is 6.67. The van der Waals surface area contributed by atoms with Crippen molar-refractivity contribution in [2.75, 3.05) is 11.9 Å². The zero-order valence-corrected chi connectivity index (χ0v) is 13.6. The smallest absolute Gasteiger partial charge is 0.412 e. The van der Waals surface area contributed by atoms with Gasteiger partial charge in [-0.25, -0.2) is 4.79 Å².